The van der Waals surface area contributed by atoms with Crippen LogP contribution in [0, 0.1) is 11.8 Å². The fourth-order valence-corrected chi connectivity index (χ4v) is 3.21. The molecule has 0 spiro atoms. The van der Waals surface area contributed by atoms with Crippen LogP contribution in [0.4, 0.5) is 0 Å². The van der Waals surface area contributed by atoms with Gasteiger partial charge in [0.05, 0.1) is 6.42 Å². The van der Waals surface area contributed by atoms with E-state index in [2.05, 4.69) is 4.98 Å². The second kappa shape index (κ2) is 4.47. The van der Waals surface area contributed by atoms with Gasteiger partial charge in [0, 0.05) is 12.4 Å². The molecule has 1 aromatic heterocycles. The molecule has 0 unspecified atom stereocenters. The maximum Gasteiger partial charge on any atom is 0.310 e. The fraction of sp³-hybridized carbons (Fsp3) is 0.571. The molecule has 3 rings (SSSR count). The van der Waals surface area contributed by atoms with Crippen LogP contribution in [0.3, 0.4) is 0 Å². The third-order valence-electron chi connectivity index (χ3n) is 4.05. The molecule has 0 aromatic carbocycles. The molecular weight excluding hydrogens is 214 g/mol. The molecule has 0 N–H and O–H groups in total. The molecule has 0 amide bonds. The van der Waals surface area contributed by atoms with Gasteiger partial charge in [0.2, 0.25) is 0 Å². The van der Waals surface area contributed by atoms with Crippen molar-refractivity contribution in [1.29, 1.82) is 0 Å². The lowest BCUT2D eigenvalue weighted by Gasteiger charge is -2.21. The van der Waals surface area contributed by atoms with Crippen LogP contribution >= 0.6 is 0 Å². The SMILES string of the molecule is O=C(Cc1ccncc1)O[C@H]1C[C@@H]2CC[C@H]1C2. The number of hydrogen-bond acceptors (Lipinski definition) is 3. The van der Waals surface area contributed by atoms with Gasteiger partial charge in [-0.15, -0.1) is 0 Å². The van der Waals surface area contributed by atoms with Gasteiger partial charge in [-0.05, 0) is 55.2 Å². The average Bonchev–Trinajstić information content (AvgIpc) is 2.92. The Labute approximate surface area is 101 Å². The monoisotopic (exact) mass is 231 g/mol. The van der Waals surface area contributed by atoms with Gasteiger partial charge in [-0.3, -0.25) is 9.78 Å². The van der Waals surface area contributed by atoms with Crippen molar-refractivity contribution < 1.29 is 9.53 Å². The molecule has 2 fully saturated rings. The highest BCUT2D eigenvalue weighted by Gasteiger charge is 2.41. The van der Waals surface area contributed by atoms with E-state index in [1.54, 1.807) is 12.4 Å². The van der Waals surface area contributed by atoms with Gasteiger partial charge in [0.25, 0.3) is 0 Å². The van der Waals surface area contributed by atoms with Gasteiger partial charge in [0.15, 0.2) is 0 Å². The predicted octanol–water partition coefficient (Wildman–Crippen LogP) is 2.36. The Balaban J connectivity index is 1.54. The Morgan fingerprint density at radius 3 is 2.76 bits per heavy atom. The van der Waals surface area contributed by atoms with E-state index in [0.717, 1.165) is 17.9 Å². The van der Waals surface area contributed by atoms with Crippen molar-refractivity contribution in [2.75, 3.05) is 0 Å². The number of ether oxygens (including phenoxy) is 1. The summed E-state index contributed by atoms with van der Waals surface area (Å²) in [6, 6.07) is 3.73. The molecule has 3 atom stereocenters. The van der Waals surface area contributed by atoms with Crippen molar-refractivity contribution in [2.24, 2.45) is 11.8 Å². The Kier molecular flexibility index (Phi) is 2.83. The highest BCUT2D eigenvalue weighted by atomic mass is 16.5. The van der Waals surface area contributed by atoms with Gasteiger partial charge in [0.1, 0.15) is 6.10 Å². The van der Waals surface area contributed by atoms with Crippen LogP contribution in [0.15, 0.2) is 24.5 Å². The van der Waals surface area contributed by atoms with Crippen molar-refractivity contribution in [3.8, 4) is 0 Å². The lowest BCUT2D eigenvalue weighted by Crippen LogP contribution is -2.24. The zero-order valence-corrected chi connectivity index (χ0v) is 9.84. The summed E-state index contributed by atoms with van der Waals surface area (Å²) in [6.07, 6.45) is 8.93. The minimum Gasteiger partial charge on any atom is -0.462 e. The molecule has 1 aromatic rings. The van der Waals surface area contributed by atoms with Crippen molar-refractivity contribution >= 4 is 5.97 Å². The quantitative estimate of drug-likeness (QED) is 0.750. The van der Waals surface area contributed by atoms with Crippen LogP contribution in [0.25, 0.3) is 0 Å². The number of nitrogens with zero attached hydrogens (tertiary/aromatic N) is 1. The van der Waals surface area contributed by atoms with E-state index in [9.17, 15) is 4.79 Å². The van der Waals surface area contributed by atoms with Gasteiger partial charge in [-0.1, -0.05) is 0 Å². The highest BCUT2D eigenvalue weighted by Crippen LogP contribution is 2.45. The molecule has 1 heterocycles. The number of rotatable bonds is 3. The Bertz CT molecular complexity index is 404. The second-order valence-corrected chi connectivity index (χ2v) is 5.24. The number of esters is 1. The van der Waals surface area contributed by atoms with E-state index < -0.39 is 0 Å². The summed E-state index contributed by atoms with van der Waals surface area (Å²) < 4.78 is 5.59. The molecule has 3 heteroatoms. The average molecular weight is 231 g/mol. The maximum atomic E-state index is 11.8. The van der Waals surface area contributed by atoms with E-state index >= 15 is 0 Å². The first-order chi connectivity index (χ1) is 8.31. The third kappa shape index (κ3) is 2.33. The van der Waals surface area contributed by atoms with E-state index in [-0.39, 0.29) is 12.1 Å². The molecule has 2 saturated carbocycles. The normalized spacial score (nSPS) is 30.5. The van der Waals surface area contributed by atoms with Crippen LogP contribution in [0.2, 0.25) is 0 Å². The lowest BCUT2D eigenvalue weighted by molar-refractivity contribution is -0.150. The summed E-state index contributed by atoms with van der Waals surface area (Å²) in [6.45, 7) is 0. The Hall–Kier alpha value is -1.38. The van der Waals surface area contributed by atoms with Crippen LogP contribution in [-0.4, -0.2) is 17.1 Å². The number of carbonyl (C=O) groups excluding carboxylic acids is 1. The van der Waals surface area contributed by atoms with Crippen LogP contribution in [-0.2, 0) is 16.0 Å². The van der Waals surface area contributed by atoms with E-state index in [4.69, 9.17) is 4.74 Å². The summed E-state index contributed by atoms with van der Waals surface area (Å²) in [7, 11) is 0. The summed E-state index contributed by atoms with van der Waals surface area (Å²) >= 11 is 0. The molecule has 3 nitrogen and oxygen atoms in total. The maximum absolute atomic E-state index is 11.8. The third-order valence-corrected chi connectivity index (χ3v) is 4.05. The van der Waals surface area contributed by atoms with Crippen LogP contribution in [0.5, 0.6) is 0 Å². The zero-order chi connectivity index (χ0) is 11.7. The topological polar surface area (TPSA) is 39.2 Å². The first-order valence-corrected chi connectivity index (χ1v) is 6.39. The summed E-state index contributed by atoms with van der Waals surface area (Å²) in [5, 5.41) is 0. The van der Waals surface area contributed by atoms with E-state index in [1.807, 2.05) is 12.1 Å². The standard InChI is InChI=1S/C14H17NO2/c16-14(9-10-3-5-15-6-4-10)17-13-8-11-1-2-12(13)7-11/h3-6,11-13H,1-2,7-9H2/t11-,12+,13+/m1/s1. The number of carbonyl (C=O) groups is 1. The largest absolute Gasteiger partial charge is 0.462 e. The molecule has 2 aliphatic rings. The van der Waals surface area contributed by atoms with Crippen molar-refractivity contribution in [3.05, 3.63) is 30.1 Å². The predicted molar refractivity (Wildman–Crippen MR) is 63.3 cm³/mol. The second-order valence-electron chi connectivity index (χ2n) is 5.24. The molecule has 2 aliphatic carbocycles. The van der Waals surface area contributed by atoms with Gasteiger partial charge in [-0.2, -0.15) is 0 Å². The summed E-state index contributed by atoms with van der Waals surface area (Å²) in [5.41, 5.74) is 0.980. The molecule has 2 bridgehead atoms. The van der Waals surface area contributed by atoms with Crippen molar-refractivity contribution in [2.45, 2.75) is 38.2 Å². The number of fused-ring (bicyclic) bond motifs is 2. The van der Waals surface area contributed by atoms with Crippen molar-refractivity contribution in [3.63, 3.8) is 0 Å². The van der Waals surface area contributed by atoms with Crippen LogP contribution < -0.4 is 0 Å². The first-order valence-electron chi connectivity index (χ1n) is 6.39. The zero-order valence-electron chi connectivity index (χ0n) is 9.84. The first kappa shape index (κ1) is 10.8. The number of pyridine rings is 1. The smallest absolute Gasteiger partial charge is 0.310 e. The molecule has 17 heavy (non-hydrogen) atoms. The highest BCUT2D eigenvalue weighted by molar-refractivity contribution is 5.72. The molecule has 0 saturated heterocycles. The molecule has 0 radical (unpaired) electrons. The molecule has 0 aliphatic heterocycles. The van der Waals surface area contributed by atoms with E-state index in [0.29, 0.717) is 12.3 Å². The lowest BCUT2D eigenvalue weighted by atomic mass is 9.98. The minimum atomic E-state index is -0.0891. The van der Waals surface area contributed by atoms with Crippen molar-refractivity contribution in [1.82, 2.24) is 4.98 Å². The fourth-order valence-electron chi connectivity index (χ4n) is 3.21. The molecule has 90 valence electrons. The van der Waals surface area contributed by atoms with Crippen LogP contribution in [0.1, 0.15) is 31.2 Å². The summed E-state index contributed by atoms with van der Waals surface area (Å²) in [5.74, 6) is 1.37. The van der Waals surface area contributed by atoms with Gasteiger partial charge >= 0.3 is 5.97 Å². The minimum absolute atomic E-state index is 0.0891. The van der Waals surface area contributed by atoms with E-state index in [1.165, 1.54) is 19.3 Å². The Morgan fingerprint density at radius 2 is 2.12 bits per heavy atom. The van der Waals surface area contributed by atoms with Gasteiger partial charge < -0.3 is 4.74 Å². The number of hydrogen-bond donors (Lipinski definition) is 0. The Morgan fingerprint density at radius 1 is 1.29 bits per heavy atom. The number of aromatic nitrogens is 1. The van der Waals surface area contributed by atoms with Gasteiger partial charge in [-0.25, -0.2) is 0 Å². The molecular formula is C14H17NO2. The summed E-state index contributed by atoms with van der Waals surface area (Å²) in [4.78, 5) is 15.7.